The Morgan fingerprint density at radius 3 is 2.37 bits per heavy atom. The molecule has 0 radical (unpaired) electrons. The highest BCUT2D eigenvalue weighted by molar-refractivity contribution is 6.22. The third-order valence-corrected chi connectivity index (χ3v) is 5.39. The van der Waals surface area contributed by atoms with E-state index < -0.39 is 0 Å². The van der Waals surface area contributed by atoms with E-state index in [1.54, 1.807) is 24.7 Å². The number of nitrogens with zero attached hydrogens (tertiary/aromatic N) is 2. The van der Waals surface area contributed by atoms with Crippen LogP contribution in [0.4, 0.5) is 0 Å². The highest BCUT2D eigenvalue weighted by Crippen LogP contribution is 2.36. The smallest absolute Gasteiger partial charge is 0.251 e. The molecule has 0 spiro atoms. The molecule has 4 aromatic rings. The summed E-state index contributed by atoms with van der Waals surface area (Å²) in [5, 5.41) is 2.94. The third kappa shape index (κ3) is 3.31. The van der Waals surface area contributed by atoms with Gasteiger partial charge in [0.05, 0.1) is 6.33 Å². The first-order valence-corrected chi connectivity index (χ1v) is 9.79. The molecule has 5 heteroatoms. The molecule has 1 aromatic heterocycles. The normalized spacial score (nSPS) is 11.8. The van der Waals surface area contributed by atoms with Crippen LogP contribution in [0.1, 0.15) is 37.4 Å². The van der Waals surface area contributed by atoms with Gasteiger partial charge < -0.3 is 9.88 Å². The zero-order valence-corrected chi connectivity index (χ0v) is 16.2. The lowest BCUT2D eigenvalue weighted by Crippen LogP contribution is -2.23. The lowest BCUT2D eigenvalue weighted by Gasteiger charge is -2.08. The summed E-state index contributed by atoms with van der Waals surface area (Å²) in [5.74, 6) is -0.215. The highest BCUT2D eigenvalue weighted by atomic mass is 16.1. The molecule has 1 aliphatic rings. The Balaban J connectivity index is 1.26. The van der Waals surface area contributed by atoms with E-state index in [9.17, 15) is 9.59 Å². The van der Waals surface area contributed by atoms with Gasteiger partial charge in [-0.3, -0.25) is 9.59 Å². The molecule has 5 nitrogen and oxygen atoms in total. The van der Waals surface area contributed by atoms with Gasteiger partial charge in [0.1, 0.15) is 0 Å². The second-order valence-corrected chi connectivity index (χ2v) is 7.37. The van der Waals surface area contributed by atoms with Crippen molar-refractivity contribution in [3.8, 4) is 11.1 Å². The molecule has 1 amide bonds. The molecule has 3 aromatic carbocycles. The van der Waals surface area contributed by atoms with E-state index in [0.717, 1.165) is 23.2 Å². The minimum Gasteiger partial charge on any atom is -0.348 e. The topological polar surface area (TPSA) is 64.0 Å². The van der Waals surface area contributed by atoms with Crippen LogP contribution in [-0.2, 0) is 13.1 Å². The summed E-state index contributed by atoms with van der Waals surface area (Å²) in [7, 11) is 0. The summed E-state index contributed by atoms with van der Waals surface area (Å²) in [6.45, 7) is 1.19. The predicted octanol–water partition coefficient (Wildman–Crippen LogP) is 4.07. The number of imidazole rings is 1. The molecular weight excluding hydrogens is 374 g/mol. The summed E-state index contributed by atoms with van der Waals surface area (Å²) in [4.78, 5) is 29.3. The maximum atomic E-state index is 12.7. The largest absolute Gasteiger partial charge is 0.348 e. The summed E-state index contributed by atoms with van der Waals surface area (Å²) in [6.07, 6.45) is 5.47. The molecule has 146 valence electrons. The first-order valence-electron chi connectivity index (χ1n) is 9.79. The molecule has 0 saturated carbocycles. The fraction of sp³-hybridized carbons (Fsp3) is 0.0800. The van der Waals surface area contributed by atoms with Gasteiger partial charge in [0.25, 0.3) is 5.91 Å². The number of benzene rings is 3. The Morgan fingerprint density at radius 1 is 0.867 bits per heavy atom. The van der Waals surface area contributed by atoms with Crippen molar-refractivity contribution < 1.29 is 9.59 Å². The van der Waals surface area contributed by atoms with Crippen molar-refractivity contribution in [2.75, 3.05) is 0 Å². The van der Waals surface area contributed by atoms with Crippen molar-refractivity contribution >= 4 is 11.7 Å². The summed E-state index contributed by atoms with van der Waals surface area (Å²) in [5.41, 5.74) is 5.78. The molecule has 1 heterocycles. The zero-order chi connectivity index (χ0) is 20.5. The van der Waals surface area contributed by atoms with Gasteiger partial charge >= 0.3 is 0 Å². The molecule has 0 atom stereocenters. The fourth-order valence-electron chi connectivity index (χ4n) is 3.81. The maximum absolute atomic E-state index is 12.7. The van der Waals surface area contributed by atoms with Gasteiger partial charge in [-0.2, -0.15) is 0 Å². The number of hydrogen-bond donors (Lipinski definition) is 1. The number of carbonyl (C=O) groups is 2. The summed E-state index contributed by atoms with van der Waals surface area (Å²) >= 11 is 0. The lowest BCUT2D eigenvalue weighted by molar-refractivity contribution is 0.0951. The molecule has 5 rings (SSSR count). The average molecular weight is 393 g/mol. The van der Waals surface area contributed by atoms with Crippen LogP contribution in [0.15, 0.2) is 85.5 Å². The molecule has 0 saturated heterocycles. The minimum absolute atomic E-state index is 0.0243. The second-order valence-electron chi connectivity index (χ2n) is 7.37. The van der Waals surface area contributed by atoms with Crippen molar-refractivity contribution in [1.82, 2.24) is 14.9 Å². The van der Waals surface area contributed by atoms with Crippen molar-refractivity contribution in [3.05, 3.63) is 113 Å². The van der Waals surface area contributed by atoms with Crippen LogP contribution in [0.5, 0.6) is 0 Å². The first-order chi connectivity index (χ1) is 14.7. The number of fused-ring (bicyclic) bond motifs is 3. The van der Waals surface area contributed by atoms with Gasteiger partial charge in [0.2, 0.25) is 0 Å². The van der Waals surface area contributed by atoms with Crippen LogP contribution in [0.25, 0.3) is 11.1 Å². The number of ketones is 1. The molecule has 0 bridgehead atoms. The summed E-state index contributed by atoms with van der Waals surface area (Å²) in [6, 6.07) is 21.0. The van der Waals surface area contributed by atoms with Gasteiger partial charge in [-0.15, -0.1) is 0 Å². The average Bonchev–Trinajstić information content (AvgIpc) is 3.40. The molecule has 30 heavy (non-hydrogen) atoms. The van der Waals surface area contributed by atoms with E-state index in [4.69, 9.17) is 0 Å². The Bertz CT molecular complexity index is 1240. The maximum Gasteiger partial charge on any atom is 0.251 e. The summed E-state index contributed by atoms with van der Waals surface area (Å²) < 4.78 is 2.00. The van der Waals surface area contributed by atoms with Crippen LogP contribution < -0.4 is 5.32 Å². The SMILES string of the molecule is O=C(NCc1ccc(Cn2ccnc2)cc1)c1ccc2c(c1)C(=O)c1ccccc1-2. The standard InChI is InChI=1S/C25H19N3O2/c29-24-22-4-2-1-3-20(22)21-10-9-19(13-23(21)24)25(30)27-14-17-5-7-18(8-6-17)15-28-12-11-26-16-28/h1-13,16H,14-15H2,(H,27,30). The van der Waals surface area contributed by atoms with E-state index in [-0.39, 0.29) is 11.7 Å². The van der Waals surface area contributed by atoms with E-state index in [1.807, 2.05) is 65.4 Å². The van der Waals surface area contributed by atoms with Gasteiger partial charge in [-0.1, -0.05) is 54.6 Å². The number of rotatable bonds is 5. The Hall–Kier alpha value is -3.99. The molecular formula is C25H19N3O2. The lowest BCUT2D eigenvalue weighted by atomic mass is 10.0. The number of hydrogen-bond acceptors (Lipinski definition) is 3. The van der Waals surface area contributed by atoms with Crippen LogP contribution in [0.2, 0.25) is 0 Å². The molecule has 0 aliphatic heterocycles. The second kappa shape index (κ2) is 7.44. The van der Waals surface area contributed by atoms with Crippen molar-refractivity contribution in [1.29, 1.82) is 0 Å². The van der Waals surface area contributed by atoms with E-state index in [2.05, 4.69) is 10.3 Å². The van der Waals surface area contributed by atoms with Gasteiger partial charge in [-0.25, -0.2) is 4.98 Å². The molecule has 1 aliphatic carbocycles. The number of amides is 1. The monoisotopic (exact) mass is 393 g/mol. The molecule has 0 unspecified atom stereocenters. The van der Waals surface area contributed by atoms with Crippen molar-refractivity contribution in [2.24, 2.45) is 0 Å². The van der Waals surface area contributed by atoms with Gasteiger partial charge in [0.15, 0.2) is 5.78 Å². The third-order valence-electron chi connectivity index (χ3n) is 5.39. The van der Waals surface area contributed by atoms with Crippen LogP contribution in [0, 0.1) is 0 Å². The zero-order valence-electron chi connectivity index (χ0n) is 16.2. The van der Waals surface area contributed by atoms with E-state index >= 15 is 0 Å². The Labute approximate surface area is 174 Å². The molecule has 0 fully saturated rings. The fourth-order valence-corrected chi connectivity index (χ4v) is 3.81. The minimum atomic E-state index is -0.191. The van der Waals surface area contributed by atoms with E-state index in [1.165, 1.54) is 5.56 Å². The first kappa shape index (κ1) is 18.1. The Kier molecular flexibility index (Phi) is 4.48. The number of carbonyl (C=O) groups excluding carboxylic acids is 2. The quantitative estimate of drug-likeness (QED) is 0.490. The van der Waals surface area contributed by atoms with Gasteiger partial charge in [-0.05, 0) is 34.4 Å². The predicted molar refractivity (Wildman–Crippen MR) is 114 cm³/mol. The Morgan fingerprint density at radius 2 is 1.60 bits per heavy atom. The van der Waals surface area contributed by atoms with Crippen molar-refractivity contribution in [3.63, 3.8) is 0 Å². The van der Waals surface area contributed by atoms with Crippen LogP contribution in [-0.4, -0.2) is 21.2 Å². The highest BCUT2D eigenvalue weighted by Gasteiger charge is 2.26. The van der Waals surface area contributed by atoms with Gasteiger partial charge in [0, 0.05) is 42.2 Å². The molecule has 1 N–H and O–H groups in total. The van der Waals surface area contributed by atoms with Crippen molar-refractivity contribution in [2.45, 2.75) is 13.1 Å². The van der Waals surface area contributed by atoms with E-state index in [0.29, 0.717) is 23.2 Å². The van der Waals surface area contributed by atoms with Crippen LogP contribution in [0.3, 0.4) is 0 Å². The number of nitrogens with one attached hydrogen (secondary N) is 1. The number of aromatic nitrogens is 2. The van der Waals surface area contributed by atoms with Crippen LogP contribution >= 0.6 is 0 Å².